The van der Waals surface area contributed by atoms with Crippen LogP contribution in [0.5, 0.6) is 0 Å². The molecule has 0 radical (unpaired) electrons. The molecule has 1 aliphatic heterocycles. The number of carbonyl (C=O) groups excluding carboxylic acids is 2. The Kier molecular flexibility index (Phi) is 9.55. The summed E-state index contributed by atoms with van der Waals surface area (Å²) in [6.07, 6.45) is 0.607. The smallest absolute Gasteiger partial charge is 0.222 e. The van der Waals surface area contributed by atoms with Crippen molar-refractivity contribution in [1.82, 2.24) is 16.0 Å². The van der Waals surface area contributed by atoms with E-state index in [2.05, 4.69) is 16.0 Å². The Morgan fingerprint density at radius 3 is 2.68 bits per heavy atom. The second kappa shape index (κ2) is 10.00. The maximum atomic E-state index is 11.6. The lowest BCUT2D eigenvalue weighted by molar-refractivity contribution is -0.124. The number of nitrogens with one attached hydrogen (secondary N) is 3. The van der Waals surface area contributed by atoms with Gasteiger partial charge in [0.05, 0.1) is 19.1 Å². The van der Waals surface area contributed by atoms with Gasteiger partial charge < -0.3 is 20.7 Å². The molecule has 2 amide bonds. The van der Waals surface area contributed by atoms with Crippen LogP contribution in [0.1, 0.15) is 26.7 Å². The van der Waals surface area contributed by atoms with E-state index >= 15 is 0 Å². The minimum Gasteiger partial charge on any atom is -0.375 e. The van der Waals surface area contributed by atoms with E-state index in [-0.39, 0.29) is 36.4 Å². The van der Waals surface area contributed by atoms with Gasteiger partial charge in [0.15, 0.2) is 0 Å². The monoisotopic (exact) mass is 293 g/mol. The average molecular weight is 294 g/mol. The van der Waals surface area contributed by atoms with Crippen molar-refractivity contribution in [2.45, 2.75) is 38.8 Å². The Balaban J connectivity index is 0.00000324. The Bertz CT molecular complexity index is 281. The topological polar surface area (TPSA) is 79.5 Å². The third kappa shape index (κ3) is 8.80. The molecule has 0 aliphatic carbocycles. The van der Waals surface area contributed by atoms with Gasteiger partial charge in [0.1, 0.15) is 0 Å². The minimum atomic E-state index is -0.0685. The molecule has 0 bridgehead atoms. The van der Waals surface area contributed by atoms with Crippen molar-refractivity contribution >= 4 is 24.2 Å². The van der Waals surface area contributed by atoms with Gasteiger partial charge in [0, 0.05) is 32.1 Å². The van der Waals surface area contributed by atoms with Crippen molar-refractivity contribution in [3.8, 4) is 0 Å². The lowest BCUT2D eigenvalue weighted by Gasteiger charge is -2.23. The highest BCUT2D eigenvalue weighted by atomic mass is 35.5. The van der Waals surface area contributed by atoms with Crippen molar-refractivity contribution in [2.24, 2.45) is 0 Å². The molecule has 0 saturated carbocycles. The molecule has 0 spiro atoms. The zero-order valence-electron chi connectivity index (χ0n) is 11.5. The summed E-state index contributed by atoms with van der Waals surface area (Å²) < 4.78 is 5.43. The number of halogens is 1. The maximum absolute atomic E-state index is 11.6. The summed E-state index contributed by atoms with van der Waals surface area (Å²) in [5.74, 6) is -0.109. The largest absolute Gasteiger partial charge is 0.375 e. The third-order valence-corrected chi connectivity index (χ3v) is 2.54. The number of morpholine rings is 1. The maximum Gasteiger partial charge on any atom is 0.222 e. The fourth-order valence-corrected chi connectivity index (χ4v) is 1.74. The van der Waals surface area contributed by atoms with Crippen LogP contribution < -0.4 is 16.0 Å². The predicted molar refractivity (Wildman–Crippen MR) is 75.4 cm³/mol. The summed E-state index contributed by atoms with van der Waals surface area (Å²) >= 11 is 0. The SMILES string of the molecule is CC(C)NC(=O)CCNC(=O)CC1CNCCO1.Cl. The number of amides is 2. The first-order chi connectivity index (χ1) is 8.58. The van der Waals surface area contributed by atoms with Crippen molar-refractivity contribution in [3.05, 3.63) is 0 Å². The molecule has 1 heterocycles. The molecule has 112 valence electrons. The number of carbonyl (C=O) groups is 2. The van der Waals surface area contributed by atoms with Gasteiger partial charge in [0.25, 0.3) is 0 Å². The van der Waals surface area contributed by atoms with E-state index in [1.807, 2.05) is 13.8 Å². The molecule has 1 atom stereocenters. The lowest BCUT2D eigenvalue weighted by Crippen LogP contribution is -2.42. The average Bonchev–Trinajstić information content (AvgIpc) is 2.29. The van der Waals surface area contributed by atoms with Gasteiger partial charge in [-0.15, -0.1) is 12.4 Å². The van der Waals surface area contributed by atoms with Gasteiger partial charge in [0.2, 0.25) is 11.8 Å². The lowest BCUT2D eigenvalue weighted by atomic mass is 10.2. The molecule has 1 saturated heterocycles. The molecule has 1 rings (SSSR count). The molecule has 19 heavy (non-hydrogen) atoms. The fraction of sp³-hybridized carbons (Fsp3) is 0.833. The molecule has 3 N–H and O–H groups in total. The Morgan fingerprint density at radius 1 is 1.37 bits per heavy atom. The van der Waals surface area contributed by atoms with Crippen LogP contribution in [0.25, 0.3) is 0 Å². The van der Waals surface area contributed by atoms with Crippen molar-refractivity contribution in [2.75, 3.05) is 26.2 Å². The molecule has 7 heteroatoms. The summed E-state index contributed by atoms with van der Waals surface area (Å²) in [7, 11) is 0. The standard InChI is InChI=1S/C12H23N3O3.ClH/c1-9(2)15-11(16)3-4-14-12(17)7-10-8-13-5-6-18-10;/h9-10,13H,3-8H2,1-2H3,(H,14,17)(H,15,16);1H. The highest BCUT2D eigenvalue weighted by Crippen LogP contribution is 2.00. The Morgan fingerprint density at radius 2 is 2.11 bits per heavy atom. The van der Waals surface area contributed by atoms with Gasteiger partial charge in [-0.25, -0.2) is 0 Å². The van der Waals surface area contributed by atoms with Crippen LogP contribution in [0.4, 0.5) is 0 Å². The number of ether oxygens (including phenoxy) is 1. The molecular formula is C12H24ClN3O3. The molecule has 0 aromatic carbocycles. The van der Waals surface area contributed by atoms with Gasteiger partial charge in [-0.1, -0.05) is 0 Å². The van der Waals surface area contributed by atoms with Crippen LogP contribution in [0.15, 0.2) is 0 Å². The number of rotatable bonds is 6. The van der Waals surface area contributed by atoms with Crippen molar-refractivity contribution in [3.63, 3.8) is 0 Å². The van der Waals surface area contributed by atoms with Crippen LogP contribution in [0.2, 0.25) is 0 Å². The Labute approximate surface area is 120 Å². The van der Waals surface area contributed by atoms with E-state index in [1.54, 1.807) is 0 Å². The van der Waals surface area contributed by atoms with E-state index in [0.29, 0.717) is 32.5 Å². The summed E-state index contributed by atoms with van der Waals surface area (Å²) in [6, 6.07) is 0.134. The molecule has 0 aromatic heterocycles. The Hall–Kier alpha value is -0.850. The molecule has 0 aromatic rings. The molecule has 1 unspecified atom stereocenters. The summed E-state index contributed by atoms with van der Waals surface area (Å²) in [6.45, 7) is 6.38. The zero-order valence-corrected chi connectivity index (χ0v) is 12.3. The van der Waals surface area contributed by atoms with Gasteiger partial charge in [-0.2, -0.15) is 0 Å². The van der Waals surface area contributed by atoms with Gasteiger partial charge in [-0.3, -0.25) is 9.59 Å². The van der Waals surface area contributed by atoms with Crippen LogP contribution in [0, 0.1) is 0 Å². The molecular weight excluding hydrogens is 270 g/mol. The predicted octanol–water partition coefficient (Wildman–Crippen LogP) is -0.182. The van der Waals surface area contributed by atoms with Crippen molar-refractivity contribution < 1.29 is 14.3 Å². The second-order valence-electron chi connectivity index (χ2n) is 4.72. The molecule has 1 fully saturated rings. The fourth-order valence-electron chi connectivity index (χ4n) is 1.74. The van der Waals surface area contributed by atoms with Crippen LogP contribution >= 0.6 is 12.4 Å². The van der Waals surface area contributed by atoms with E-state index in [1.165, 1.54) is 0 Å². The first-order valence-corrected chi connectivity index (χ1v) is 6.46. The highest BCUT2D eigenvalue weighted by Gasteiger charge is 2.17. The third-order valence-electron chi connectivity index (χ3n) is 2.54. The highest BCUT2D eigenvalue weighted by molar-refractivity contribution is 5.85. The summed E-state index contributed by atoms with van der Waals surface area (Å²) in [5, 5.41) is 8.67. The summed E-state index contributed by atoms with van der Waals surface area (Å²) in [4.78, 5) is 22.9. The van der Waals surface area contributed by atoms with E-state index in [9.17, 15) is 9.59 Å². The number of hydrogen-bond donors (Lipinski definition) is 3. The molecule has 1 aliphatic rings. The van der Waals surface area contributed by atoms with E-state index in [0.717, 1.165) is 6.54 Å². The molecule has 6 nitrogen and oxygen atoms in total. The van der Waals surface area contributed by atoms with Gasteiger partial charge in [-0.05, 0) is 13.8 Å². The summed E-state index contributed by atoms with van der Waals surface area (Å²) in [5.41, 5.74) is 0. The second-order valence-corrected chi connectivity index (χ2v) is 4.72. The number of hydrogen-bond acceptors (Lipinski definition) is 4. The quantitative estimate of drug-likeness (QED) is 0.635. The van der Waals surface area contributed by atoms with Crippen LogP contribution in [-0.2, 0) is 14.3 Å². The van der Waals surface area contributed by atoms with Crippen LogP contribution in [-0.4, -0.2) is 50.2 Å². The first kappa shape index (κ1) is 18.1. The zero-order chi connectivity index (χ0) is 13.4. The minimum absolute atomic E-state index is 0. The van der Waals surface area contributed by atoms with Gasteiger partial charge >= 0.3 is 0 Å². The van der Waals surface area contributed by atoms with Crippen LogP contribution in [0.3, 0.4) is 0 Å². The van der Waals surface area contributed by atoms with E-state index in [4.69, 9.17) is 4.74 Å². The normalized spacial score (nSPS) is 18.6. The first-order valence-electron chi connectivity index (χ1n) is 6.46. The van der Waals surface area contributed by atoms with Crippen molar-refractivity contribution in [1.29, 1.82) is 0 Å². The van der Waals surface area contributed by atoms with E-state index < -0.39 is 0 Å².